The third-order valence-electron chi connectivity index (χ3n) is 5.52. The molecule has 0 saturated carbocycles. The average Bonchev–Trinajstić information content (AvgIpc) is 3.40. The van der Waals surface area contributed by atoms with E-state index in [0.717, 1.165) is 59.4 Å². The van der Waals surface area contributed by atoms with Crippen LogP contribution in [0.15, 0.2) is 36.4 Å². The molecule has 4 heterocycles. The number of anilines is 2. The van der Waals surface area contributed by atoms with Gasteiger partial charge < -0.3 is 10.2 Å². The first-order valence-electron chi connectivity index (χ1n) is 10.2. The average molecular weight is 435 g/mol. The number of hydrogen-bond donors (Lipinski definition) is 1. The monoisotopic (exact) mass is 434 g/mol. The van der Waals surface area contributed by atoms with Crippen LogP contribution in [0.3, 0.4) is 0 Å². The molecule has 1 N–H and O–H groups in total. The number of nitrogens with zero attached hydrogens (tertiary/aromatic N) is 7. The molecule has 1 fully saturated rings. The van der Waals surface area contributed by atoms with Crippen molar-refractivity contribution in [2.45, 2.75) is 26.7 Å². The van der Waals surface area contributed by atoms with E-state index in [1.807, 2.05) is 50.2 Å². The lowest BCUT2D eigenvalue weighted by Gasteiger charge is -2.32. The molecule has 1 amide bonds. The minimum atomic E-state index is -0.131. The third-order valence-corrected chi connectivity index (χ3v) is 6.07. The van der Waals surface area contributed by atoms with Gasteiger partial charge in [0.05, 0.1) is 29.0 Å². The van der Waals surface area contributed by atoms with E-state index < -0.39 is 0 Å². The molecule has 1 aliphatic rings. The zero-order valence-corrected chi connectivity index (χ0v) is 18.1. The van der Waals surface area contributed by atoms with Gasteiger partial charge in [-0.25, -0.2) is 4.68 Å². The van der Waals surface area contributed by atoms with Crippen molar-refractivity contribution < 1.29 is 4.79 Å². The highest BCUT2D eigenvalue weighted by molar-refractivity contribution is 7.00. The fourth-order valence-corrected chi connectivity index (χ4v) is 4.55. The number of aryl methyl sites for hydroxylation is 2. The molecule has 1 unspecified atom stereocenters. The van der Waals surface area contributed by atoms with Crippen LogP contribution in [0.5, 0.6) is 0 Å². The predicted octanol–water partition coefficient (Wildman–Crippen LogP) is 3.14. The Balaban J connectivity index is 1.29. The second-order valence-electron chi connectivity index (χ2n) is 7.80. The Bertz CT molecular complexity index is 1230. The lowest BCUT2D eigenvalue weighted by atomic mass is 9.97. The second-order valence-corrected chi connectivity index (χ2v) is 8.33. The van der Waals surface area contributed by atoms with Gasteiger partial charge in [0.2, 0.25) is 5.91 Å². The zero-order valence-electron chi connectivity index (χ0n) is 17.3. The van der Waals surface area contributed by atoms with Crippen LogP contribution in [0.25, 0.3) is 16.9 Å². The minimum absolute atomic E-state index is 0.00239. The first-order valence-corrected chi connectivity index (χ1v) is 11.0. The van der Waals surface area contributed by atoms with Crippen molar-refractivity contribution in [3.05, 3.63) is 47.8 Å². The topological polar surface area (TPSA) is 102 Å². The van der Waals surface area contributed by atoms with Crippen molar-refractivity contribution >= 4 is 40.2 Å². The van der Waals surface area contributed by atoms with Gasteiger partial charge in [-0.05, 0) is 57.0 Å². The van der Waals surface area contributed by atoms with Crippen molar-refractivity contribution in [3.63, 3.8) is 0 Å². The fraction of sp³-hybridized carbons (Fsp3) is 0.333. The largest absolute Gasteiger partial charge is 0.354 e. The molecule has 5 rings (SSSR count). The van der Waals surface area contributed by atoms with Gasteiger partial charge in [0, 0.05) is 18.8 Å². The molecule has 1 saturated heterocycles. The number of benzene rings is 1. The summed E-state index contributed by atoms with van der Waals surface area (Å²) in [7, 11) is 0. The Morgan fingerprint density at radius 3 is 2.74 bits per heavy atom. The van der Waals surface area contributed by atoms with Gasteiger partial charge in [0.15, 0.2) is 11.6 Å². The summed E-state index contributed by atoms with van der Waals surface area (Å²) in [6, 6.07) is 11.5. The highest BCUT2D eigenvalue weighted by atomic mass is 32.1. The molecule has 3 aromatic heterocycles. The van der Waals surface area contributed by atoms with E-state index in [0.29, 0.717) is 18.1 Å². The summed E-state index contributed by atoms with van der Waals surface area (Å²) >= 11 is 1.15. The van der Waals surface area contributed by atoms with Crippen LogP contribution in [-0.4, -0.2) is 47.7 Å². The number of carbonyl (C=O) groups excluding carboxylic acids is 1. The number of aromatic nitrogens is 6. The highest BCUT2D eigenvalue weighted by Gasteiger charge is 2.27. The summed E-state index contributed by atoms with van der Waals surface area (Å²) in [5, 5.41) is 16.3. The highest BCUT2D eigenvalue weighted by Crippen LogP contribution is 2.25. The van der Waals surface area contributed by atoms with Gasteiger partial charge in [0.1, 0.15) is 11.0 Å². The number of nitrogens with one attached hydrogen (secondary N) is 1. The minimum Gasteiger partial charge on any atom is -0.354 e. The number of hydrogen-bond acceptors (Lipinski definition) is 8. The molecular weight excluding hydrogens is 412 g/mol. The van der Waals surface area contributed by atoms with E-state index in [2.05, 4.69) is 34.3 Å². The van der Waals surface area contributed by atoms with Gasteiger partial charge >= 0.3 is 0 Å². The molecule has 158 valence electrons. The summed E-state index contributed by atoms with van der Waals surface area (Å²) in [4.78, 5) is 15.1. The van der Waals surface area contributed by atoms with Crippen LogP contribution in [0.2, 0.25) is 0 Å². The molecule has 1 aromatic carbocycles. The molecule has 1 atom stereocenters. The van der Waals surface area contributed by atoms with E-state index >= 15 is 0 Å². The third kappa shape index (κ3) is 3.86. The van der Waals surface area contributed by atoms with E-state index in [1.54, 1.807) is 4.68 Å². The maximum Gasteiger partial charge on any atom is 0.229 e. The van der Waals surface area contributed by atoms with E-state index in [9.17, 15) is 4.79 Å². The van der Waals surface area contributed by atoms with Gasteiger partial charge in [-0.1, -0.05) is 6.07 Å². The quantitative estimate of drug-likeness (QED) is 0.526. The molecule has 10 heteroatoms. The van der Waals surface area contributed by atoms with Crippen molar-refractivity contribution in [3.8, 4) is 5.82 Å². The molecular formula is C21H22N8OS. The second kappa shape index (κ2) is 8.03. The van der Waals surface area contributed by atoms with Crippen molar-refractivity contribution in [2.24, 2.45) is 5.92 Å². The van der Waals surface area contributed by atoms with E-state index in [-0.39, 0.29) is 11.8 Å². The van der Waals surface area contributed by atoms with Crippen LogP contribution in [-0.2, 0) is 4.79 Å². The summed E-state index contributed by atoms with van der Waals surface area (Å²) in [5.74, 6) is 1.32. The lowest BCUT2D eigenvalue weighted by molar-refractivity contribution is -0.120. The summed E-state index contributed by atoms with van der Waals surface area (Å²) in [5.41, 5.74) is 4.20. The smallest absolute Gasteiger partial charge is 0.229 e. The zero-order chi connectivity index (χ0) is 21.4. The molecule has 0 radical (unpaired) electrons. The number of amides is 1. The molecule has 9 nitrogen and oxygen atoms in total. The SMILES string of the molecule is Cc1cc(C)n(-c2ccc(N3CCCC(C(=O)Nc4cccc5nsnc45)C3)nn2)n1. The Kier molecular flexibility index (Phi) is 5.06. The van der Waals surface area contributed by atoms with E-state index in [1.165, 1.54) is 0 Å². The van der Waals surface area contributed by atoms with Crippen molar-refractivity contribution in [1.82, 2.24) is 28.7 Å². The molecule has 0 aliphatic carbocycles. The summed E-state index contributed by atoms with van der Waals surface area (Å²) < 4.78 is 10.3. The molecule has 0 bridgehead atoms. The van der Waals surface area contributed by atoms with Gasteiger partial charge in [-0.3, -0.25) is 4.79 Å². The number of rotatable bonds is 4. The Labute approximate surface area is 183 Å². The van der Waals surface area contributed by atoms with Crippen LogP contribution in [0.4, 0.5) is 11.5 Å². The van der Waals surface area contributed by atoms with Crippen LogP contribution < -0.4 is 10.2 Å². The van der Waals surface area contributed by atoms with Crippen molar-refractivity contribution in [1.29, 1.82) is 0 Å². The maximum atomic E-state index is 13.0. The van der Waals surface area contributed by atoms with Crippen LogP contribution in [0.1, 0.15) is 24.2 Å². The molecule has 1 aliphatic heterocycles. The number of carbonyl (C=O) groups is 1. The Morgan fingerprint density at radius 2 is 1.97 bits per heavy atom. The van der Waals surface area contributed by atoms with Gasteiger partial charge in [-0.2, -0.15) is 13.8 Å². The van der Waals surface area contributed by atoms with Crippen molar-refractivity contribution in [2.75, 3.05) is 23.3 Å². The fourth-order valence-electron chi connectivity index (χ4n) is 4.00. The summed E-state index contributed by atoms with van der Waals surface area (Å²) in [6.45, 7) is 5.40. The predicted molar refractivity (Wildman–Crippen MR) is 120 cm³/mol. The standard InChI is InChI=1S/C21H22N8OS/c1-13-11-14(2)29(25-13)19-9-8-18(23-24-19)28-10-4-5-15(12-28)21(30)22-16-6-3-7-17-20(16)27-31-26-17/h3,6-9,11,15H,4-5,10,12H2,1-2H3,(H,22,30). The first kappa shape index (κ1) is 19.6. The van der Waals surface area contributed by atoms with E-state index in [4.69, 9.17) is 0 Å². The molecule has 4 aromatic rings. The molecule has 31 heavy (non-hydrogen) atoms. The van der Waals surface area contributed by atoms with Gasteiger partial charge in [-0.15, -0.1) is 10.2 Å². The lowest BCUT2D eigenvalue weighted by Crippen LogP contribution is -2.41. The maximum absolute atomic E-state index is 13.0. The van der Waals surface area contributed by atoms with Gasteiger partial charge in [0.25, 0.3) is 0 Å². The number of piperidine rings is 1. The first-order chi connectivity index (χ1) is 15.1. The van der Waals surface area contributed by atoms with Crippen LogP contribution >= 0.6 is 11.7 Å². The number of fused-ring (bicyclic) bond motifs is 1. The van der Waals surface area contributed by atoms with Crippen LogP contribution in [0, 0.1) is 19.8 Å². The Hall–Kier alpha value is -3.40. The molecule has 0 spiro atoms. The Morgan fingerprint density at radius 1 is 1.13 bits per heavy atom. The normalized spacial score (nSPS) is 16.6. The summed E-state index contributed by atoms with van der Waals surface area (Å²) in [6.07, 6.45) is 1.76.